The second kappa shape index (κ2) is 8.92. The molecule has 0 radical (unpaired) electrons. The van der Waals surface area contributed by atoms with Crippen molar-refractivity contribution < 1.29 is 4.79 Å². The molecule has 150 valence electrons. The third kappa shape index (κ3) is 5.93. The van der Waals surface area contributed by atoms with Crippen LogP contribution in [0.4, 0.5) is 22.0 Å². The van der Waals surface area contributed by atoms with Gasteiger partial charge in [-0.1, -0.05) is 56.6 Å². The highest BCUT2D eigenvalue weighted by Gasteiger charge is 2.13. The molecule has 1 heterocycles. The molecule has 2 aromatic carbocycles. The van der Waals surface area contributed by atoms with Gasteiger partial charge in [-0.05, 0) is 40.8 Å². The van der Waals surface area contributed by atoms with Gasteiger partial charge in [0.15, 0.2) is 11.0 Å². The van der Waals surface area contributed by atoms with Crippen LogP contribution in [0.1, 0.15) is 31.9 Å². The smallest absolute Gasteiger partial charge is 0.323 e. The zero-order valence-corrected chi connectivity index (χ0v) is 17.4. The summed E-state index contributed by atoms with van der Waals surface area (Å²) in [6.07, 6.45) is 3.11. The standard InChI is InChI=1S/C22H24ClN5O/c1-22(2,3)16-7-9-17(10-8-16)27-21(29)28-18-6-4-5-15(13-18)14-26-20-19(23)24-11-12-25-20/h4-13H,14H2,1-3H3,(H,25,26)(H2,27,28,29). The summed E-state index contributed by atoms with van der Waals surface area (Å²) < 4.78 is 0. The Morgan fingerprint density at radius 3 is 2.34 bits per heavy atom. The fourth-order valence-electron chi connectivity index (χ4n) is 2.73. The number of anilines is 3. The third-order valence-corrected chi connectivity index (χ3v) is 4.58. The van der Waals surface area contributed by atoms with Crippen molar-refractivity contribution in [2.75, 3.05) is 16.0 Å². The second-order valence-electron chi connectivity index (χ2n) is 7.66. The Kier molecular flexibility index (Phi) is 6.34. The molecule has 0 saturated heterocycles. The van der Waals surface area contributed by atoms with Crippen molar-refractivity contribution in [3.05, 3.63) is 77.2 Å². The van der Waals surface area contributed by atoms with E-state index in [1.807, 2.05) is 48.5 Å². The van der Waals surface area contributed by atoms with E-state index in [2.05, 4.69) is 46.7 Å². The fraction of sp³-hybridized carbons (Fsp3) is 0.227. The molecule has 2 amide bonds. The molecule has 7 heteroatoms. The minimum atomic E-state index is -0.296. The van der Waals surface area contributed by atoms with Crippen molar-refractivity contribution >= 4 is 34.8 Å². The number of halogens is 1. The molecule has 6 nitrogen and oxygen atoms in total. The van der Waals surface area contributed by atoms with Crippen LogP contribution < -0.4 is 16.0 Å². The first-order chi connectivity index (χ1) is 13.8. The van der Waals surface area contributed by atoms with Crippen LogP contribution in [0.15, 0.2) is 60.9 Å². The minimum absolute atomic E-state index is 0.0742. The van der Waals surface area contributed by atoms with Crippen LogP contribution in [-0.4, -0.2) is 16.0 Å². The fourth-order valence-corrected chi connectivity index (χ4v) is 2.90. The van der Waals surface area contributed by atoms with Crippen molar-refractivity contribution in [3.8, 4) is 0 Å². The van der Waals surface area contributed by atoms with E-state index in [9.17, 15) is 4.79 Å². The van der Waals surface area contributed by atoms with E-state index in [4.69, 9.17) is 11.6 Å². The molecule has 0 spiro atoms. The maximum atomic E-state index is 12.3. The van der Waals surface area contributed by atoms with Crippen LogP contribution >= 0.6 is 11.6 Å². The normalized spacial score (nSPS) is 11.0. The van der Waals surface area contributed by atoms with Gasteiger partial charge in [-0.2, -0.15) is 0 Å². The number of carbonyl (C=O) groups is 1. The number of hydrogen-bond donors (Lipinski definition) is 3. The van der Waals surface area contributed by atoms with Gasteiger partial charge in [-0.15, -0.1) is 0 Å². The van der Waals surface area contributed by atoms with Crippen LogP contribution in [-0.2, 0) is 12.0 Å². The minimum Gasteiger partial charge on any atom is -0.363 e. The number of hydrogen-bond acceptors (Lipinski definition) is 4. The molecule has 3 aromatic rings. The number of amides is 2. The van der Waals surface area contributed by atoms with Gasteiger partial charge in [0.2, 0.25) is 0 Å². The van der Waals surface area contributed by atoms with Crippen LogP contribution in [0.2, 0.25) is 5.15 Å². The highest BCUT2D eigenvalue weighted by Crippen LogP contribution is 2.23. The quantitative estimate of drug-likeness (QED) is 0.506. The van der Waals surface area contributed by atoms with Crippen molar-refractivity contribution in [1.29, 1.82) is 0 Å². The summed E-state index contributed by atoms with van der Waals surface area (Å²) in [5.74, 6) is 0.518. The monoisotopic (exact) mass is 409 g/mol. The van der Waals surface area contributed by atoms with Gasteiger partial charge >= 0.3 is 6.03 Å². The molecule has 0 bridgehead atoms. The topological polar surface area (TPSA) is 78.9 Å². The largest absolute Gasteiger partial charge is 0.363 e. The van der Waals surface area contributed by atoms with Crippen molar-refractivity contribution in [3.63, 3.8) is 0 Å². The molecule has 3 N–H and O–H groups in total. The Labute approximate surface area is 175 Å². The van der Waals surface area contributed by atoms with Gasteiger partial charge in [0.05, 0.1) is 0 Å². The predicted octanol–water partition coefficient (Wildman–Crippen LogP) is 5.68. The van der Waals surface area contributed by atoms with E-state index < -0.39 is 0 Å². The van der Waals surface area contributed by atoms with Crippen molar-refractivity contribution in [2.24, 2.45) is 0 Å². The Morgan fingerprint density at radius 2 is 1.66 bits per heavy atom. The summed E-state index contributed by atoms with van der Waals surface area (Å²) in [5.41, 5.74) is 3.69. The van der Waals surface area contributed by atoms with Gasteiger partial charge < -0.3 is 16.0 Å². The van der Waals surface area contributed by atoms with Gasteiger partial charge in [-0.25, -0.2) is 14.8 Å². The van der Waals surface area contributed by atoms with Crippen molar-refractivity contribution in [2.45, 2.75) is 32.7 Å². The van der Waals surface area contributed by atoms with Crippen LogP contribution in [0, 0.1) is 0 Å². The first-order valence-electron chi connectivity index (χ1n) is 9.29. The molecule has 0 aliphatic carbocycles. The zero-order valence-electron chi connectivity index (χ0n) is 16.7. The first kappa shape index (κ1) is 20.6. The molecule has 3 rings (SSSR count). The number of urea groups is 1. The molecule has 0 aliphatic heterocycles. The molecule has 1 aromatic heterocycles. The molecule has 0 aliphatic rings. The van der Waals surface area contributed by atoms with Gasteiger partial charge in [-0.3, -0.25) is 0 Å². The lowest BCUT2D eigenvalue weighted by molar-refractivity contribution is 0.262. The predicted molar refractivity (Wildman–Crippen MR) is 119 cm³/mol. The Bertz CT molecular complexity index is 983. The summed E-state index contributed by atoms with van der Waals surface area (Å²) in [7, 11) is 0. The van der Waals surface area contributed by atoms with E-state index in [1.54, 1.807) is 6.20 Å². The Balaban J connectivity index is 1.58. The van der Waals surface area contributed by atoms with E-state index in [1.165, 1.54) is 11.8 Å². The number of benzene rings is 2. The Hall–Kier alpha value is -3.12. The van der Waals surface area contributed by atoms with E-state index >= 15 is 0 Å². The average Bonchev–Trinajstić information content (AvgIpc) is 2.67. The highest BCUT2D eigenvalue weighted by atomic mass is 35.5. The lowest BCUT2D eigenvalue weighted by Gasteiger charge is -2.19. The lowest BCUT2D eigenvalue weighted by atomic mass is 9.87. The summed E-state index contributed by atoms with van der Waals surface area (Å²) in [4.78, 5) is 20.5. The van der Waals surface area contributed by atoms with E-state index in [-0.39, 0.29) is 11.4 Å². The number of nitrogens with zero attached hydrogens (tertiary/aromatic N) is 2. The van der Waals surface area contributed by atoms with Crippen LogP contribution in [0.3, 0.4) is 0 Å². The number of carbonyl (C=O) groups excluding carboxylic acids is 1. The highest BCUT2D eigenvalue weighted by molar-refractivity contribution is 6.31. The summed E-state index contributed by atoms with van der Waals surface area (Å²) in [6.45, 7) is 6.97. The molecular weight excluding hydrogens is 386 g/mol. The van der Waals surface area contributed by atoms with Gasteiger partial charge in [0.25, 0.3) is 0 Å². The second-order valence-corrected chi connectivity index (χ2v) is 8.01. The van der Waals surface area contributed by atoms with Gasteiger partial charge in [0.1, 0.15) is 0 Å². The molecule has 0 fully saturated rings. The number of nitrogens with one attached hydrogen (secondary N) is 3. The number of aromatic nitrogens is 2. The average molecular weight is 410 g/mol. The maximum Gasteiger partial charge on any atom is 0.323 e. The van der Waals surface area contributed by atoms with Crippen LogP contribution in [0.5, 0.6) is 0 Å². The summed E-state index contributed by atoms with van der Waals surface area (Å²) >= 11 is 6.00. The Morgan fingerprint density at radius 1 is 0.966 bits per heavy atom. The lowest BCUT2D eigenvalue weighted by Crippen LogP contribution is -2.19. The zero-order chi connectivity index (χ0) is 20.9. The van der Waals surface area contributed by atoms with Gasteiger partial charge in [0, 0.05) is 30.3 Å². The summed E-state index contributed by atoms with van der Waals surface area (Å²) in [6, 6.07) is 15.1. The molecule has 0 unspecified atom stereocenters. The maximum absolute atomic E-state index is 12.3. The van der Waals surface area contributed by atoms with E-state index in [0.29, 0.717) is 23.2 Å². The van der Waals surface area contributed by atoms with Crippen LogP contribution in [0.25, 0.3) is 0 Å². The first-order valence-corrected chi connectivity index (χ1v) is 9.67. The van der Waals surface area contributed by atoms with E-state index in [0.717, 1.165) is 11.3 Å². The molecule has 0 atom stereocenters. The third-order valence-electron chi connectivity index (χ3n) is 4.31. The van der Waals surface area contributed by atoms with Crippen molar-refractivity contribution in [1.82, 2.24) is 9.97 Å². The number of rotatable bonds is 5. The summed E-state index contributed by atoms with van der Waals surface area (Å²) in [5, 5.41) is 9.16. The molecule has 29 heavy (non-hydrogen) atoms. The molecular formula is C22H24ClN5O. The SMILES string of the molecule is CC(C)(C)c1ccc(NC(=O)Nc2cccc(CNc3nccnc3Cl)c2)cc1. The molecule has 0 saturated carbocycles.